The van der Waals surface area contributed by atoms with E-state index in [0.29, 0.717) is 53.9 Å². The number of hydrogen-bond acceptors (Lipinski definition) is 15. The molecule has 2 aromatic carbocycles. The Hall–Kier alpha value is -8.06. The summed E-state index contributed by atoms with van der Waals surface area (Å²) in [6, 6.07) is 8.17. The second kappa shape index (κ2) is 19.5. The number of carbonyl (C=O) groups is 6. The number of sulfone groups is 1. The number of hydrogen-bond donors (Lipinski definition) is 3. The van der Waals surface area contributed by atoms with Crippen LogP contribution in [-0.4, -0.2) is 112 Å². The van der Waals surface area contributed by atoms with Crippen LogP contribution in [0.2, 0.25) is 0 Å². The van der Waals surface area contributed by atoms with Gasteiger partial charge in [0.1, 0.15) is 29.2 Å². The first-order chi connectivity index (χ1) is 33.1. The van der Waals surface area contributed by atoms with Gasteiger partial charge in [0.15, 0.2) is 33.9 Å². The molecule has 0 spiro atoms. The van der Waals surface area contributed by atoms with Crippen LogP contribution in [0.3, 0.4) is 0 Å². The fourth-order valence-electron chi connectivity index (χ4n) is 8.24. The van der Waals surface area contributed by atoms with Crippen LogP contribution < -0.4 is 19.9 Å². The number of pyridine rings is 1. The van der Waals surface area contributed by atoms with E-state index in [2.05, 4.69) is 31.5 Å². The average molecular weight is 979 g/mol. The minimum Gasteiger partial charge on any atom is -0.493 e. The Morgan fingerprint density at radius 3 is 2.26 bits per heavy atom. The first kappa shape index (κ1) is 49.8. The number of amides is 4. The van der Waals surface area contributed by atoms with Crippen molar-refractivity contribution in [1.29, 1.82) is 0 Å². The van der Waals surface area contributed by atoms with E-state index in [1.54, 1.807) is 13.8 Å². The molecule has 1 aliphatic carbocycles. The van der Waals surface area contributed by atoms with Crippen LogP contribution in [0.4, 0.5) is 15.8 Å². The third kappa shape index (κ3) is 9.26. The van der Waals surface area contributed by atoms with Gasteiger partial charge in [0.05, 0.1) is 40.3 Å². The molecule has 9 rings (SSSR count). The van der Waals surface area contributed by atoms with Crippen LogP contribution in [0.1, 0.15) is 96.0 Å². The third-order valence-corrected chi connectivity index (χ3v) is 13.5. The maximum atomic E-state index is 14.7. The van der Waals surface area contributed by atoms with E-state index in [-0.39, 0.29) is 87.0 Å². The number of aliphatic imine (C=N–C) groups is 1. The number of imide groups is 1. The van der Waals surface area contributed by atoms with Crippen molar-refractivity contribution in [2.75, 3.05) is 35.8 Å². The van der Waals surface area contributed by atoms with Crippen LogP contribution in [0.15, 0.2) is 75.0 Å². The average Bonchev–Trinajstić information content (AvgIpc) is 4.11. The minimum absolute atomic E-state index is 0.00184. The Bertz CT molecular complexity index is 3140. The van der Waals surface area contributed by atoms with Gasteiger partial charge in [0.2, 0.25) is 5.88 Å². The van der Waals surface area contributed by atoms with Crippen molar-refractivity contribution in [3.05, 3.63) is 99.3 Å². The third-order valence-electron chi connectivity index (χ3n) is 12.4. The molecule has 6 heterocycles. The van der Waals surface area contributed by atoms with E-state index in [1.807, 2.05) is 13.8 Å². The largest absolute Gasteiger partial charge is 0.493 e. The van der Waals surface area contributed by atoms with E-state index >= 15 is 0 Å². The quantitative estimate of drug-likeness (QED) is 0.121. The highest BCUT2D eigenvalue weighted by atomic mass is 32.2. The molecule has 0 saturated heterocycles. The molecule has 0 saturated carbocycles. The number of aromatic hydroxyl groups is 1. The summed E-state index contributed by atoms with van der Waals surface area (Å²) < 4.78 is 45.4. The standard InChI is InChI=1S/C19H15FN2O4.C16H17N3O5S.C13H15N3O3/c1-2-7-21-15-9-14(13(20)8-16(15)26-10-17(21)23)22-18(24)11-5-3-4-6-12(11)19(22)25;1-9-10(15(20)11-8-17-19(2)16(11)21)4-5-13(25(3,22)23)14(9)12-6-7-24-18-12;1-7(2)13(3)12(19)15-10(16-13)9-8(11(17)18)5-4-6-14-9/h1,8-9H,3-7,10H2;4-5,8,21H,6-7H2,1-3H3;4-7H,1-3H3,(H,17,18)(H,15,16,19). The number of rotatable bonds is 9. The molecule has 20 nitrogen and oxygen atoms in total. The number of carboxylic acid groups (broad SMARTS) is 1. The monoisotopic (exact) mass is 978 g/mol. The van der Waals surface area contributed by atoms with Gasteiger partial charge in [0.25, 0.3) is 23.6 Å². The molecule has 70 heavy (non-hydrogen) atoms. The van der Waals surface area contributed by atoms with Gasteiger partial charge in [0, 0.05) is 54.3 Å². The summed E-state index contributed by atoms with van der Waals surface area (Å²) in [5, 5.41) is 29.5. The Morgan fingerprint density at radius 2 is 1.70 bits per heavy atom. The molecule has 4 aliphatic heterocycles. The lowest BCUT2D eigenvalue weighted by Crippen LogP contribution is -2.41. The van der Waals surface area contributed by atoms with Gasteiger partial charge < -0.3 is 25.1 Å². The van der Waals surface area contributed by atoms with Gasteiger partial charge in [-0.2, -0.15) is 5.10 Å². The second-order valence-electron chi connectivity index (χ2n) is 17.1. The van der Waals surface area contributed by atoms with Gasteiger partial charge in [-0.15, -0.1) is 6.42 Å². The lowest BCUT2D eigenvalue weighted by atomic mass is 9.89. The van der Waals surface area contributed by atoms with E-state index in [0.717, 1.165) is 30.1 Å². The number of benzene rings is 2. The van der Waals surface area contributed by atoms with Crippen molar-refractivity contribution >= 4 is 68.1 Å². The molecule has 0 fully saturated rings. The maximum absolute atomic E-state index is 14.7. The number of nitrogens with zero attached hydrogens (tertiary/aromatic N) is 7. The van der Waals surface area contributed by atoms with Crippen molar-refractivity contribution < 1.29 is 61.4 Å². The van der Waals surface area contributed by atoms with E-state index < -0.39 is 44.8 Å². The zero-order valence-electron chi connectivity index (χ0n) is 38.8. The normalized spacial score (nSPS) is 18.3. The smallest absolute Gasteiger partial charge is 0.338 e. The molecule has 4 aromatic rings. The Morgan fingerprint density at radius 1 is 1.01 bits per heavy atom. The number of fused-ring (bicyclic) bond motifs is 1. The van der Waals surface area contributed by atoms with Crippen molar-refractivity contribution in [2.45, 2.75) is 70.2 Å². The van der Waals surface area contributed by atoms with Gasteiger partial charge in [-0.1, -0.05) is 24.9 Å². The number of terminal acetylenes is 1. The van der Waals surface area contributed by atoms with Crippen LogP contribution in [0.25, 0.3) is 0 Å². The Labute approximate surface area is 400 Å². The number of nitrogens with one attached hydrogen (secondary N) is 1. The lowest BCUT2D eigenvalue weighted by Gasteiger charge is -2.29. The Balaban J connectivity index is 0.000000157. The van der Waals surface area contributed by atoms with Gasteiger partial charge in [-0.05, 0) is 81.3 Å². The number of halogens is 1. The molecule has 1 unspecified atom stereocenters. The van der Waals surface area contributed by atoms with Crippen LogP contribution in [0, 0.1) is 31.0 Å². The number of ketones is 1. The molecule has 364 valence electrons. The Kier molecular flexibility index (Phi) is 13.9. The molecule has 0 bridgehead atoms. The summed E-state index contributed by atoms with van der Waals surface area (Å²) in [6.45, 7) is 7.27. The molecule has 22 heteroatoms. The maximum Gasteiger partial charge on any atom is 0.338 e. The number of anilines is 2. The van der Waals surface area contributed by atoms with E-state index in [1.165, 1.54) is 59.4 Å². The topological polar surface area (TPSA) is 269 Å². The molecular weight excluding hydrogens is 932 g/mol. The highest BCUT2D eigenvalue weighted by Crippen LogP contribution is 2.42. The summed E-state index contributed by atoms with van der Waals surface area (Å²) in [7, 11) is -2.00. The molecule has 1 atom stereocenters. The molecule has 4 amide bonds. The molecular formula is C48H47FN8O12S. The number of aromatic nitrogens is 3. The zero-order valence-corrected chi connectivity index (χ0v) is 39.6. The summed E-state index contributed by atoms with van der Waals surface area (Å²) in [5.74, 6) is -1.40. The summed E-state index contributed by atoms with van der Waals surface area (Å²) >= 11 is 0. The molecule has 5 aliphatic rings. The number of amidine groups is 1. The first-order valence-electron chi connectivity index (χ1n) is 21.8. The SMILES string of the molecule is C#CCN1C(=O)COc2cc(F)c(N3C(=O)C4=C(CCCC4)C3=O)cc21.CC(C)C1(C)N=C(c2ncccc2C(=O)O)NC1=O.Cc1c(C(=O)c2cnn(C)c2O)ccc(S(C)(=O)=O)c1C1=NOCC1. The van der Waals surface area contributed by atoms with Crippen molar-refractivity contribution in [1.82, 2.24) is 20.1 Å². The first-order valence-corrected chi connectivity index (χ1v) is 23.7. The minimum atomic E-state index is -3.52. The highest BCUT2D eigenvalue weighted by molar-refractivity contribution is 7.90. The summed E-state index contributed by atoms with van der Waals surface area (Å²) in [5.41, 5.74) is 1.99. The fourth-order valence-corrected chi connectivity index (χ4v) is 9.20. The second-order valence-corrected chi connectivity index (χ2v) is 19.1. The predicted octanol–water partition coefficient (Wildman–Crippen LogP) is 4.19. The van der Waals surface area contributed by atoms with E-state index in [4.69, 9.17) is 21.1 Å². The number of oxime groups is 1. The molecule has 0 radical (unpaired) electrons. The van der Waals surface area contributed by atoms with Crippen LogP contribution in [0.5, 0.6) is 11.6 Å². The molecule has 3 N–H and O–H groups in total. The lowest BCUT2D eigenvalue weighted by molar-refractivity contribution is -0.124. The van der Waals surface area contributed by atoms with Gasteiger partial charge in [-0.25, -0.2) is 32.2 Å². The molecule has 2 aromatic heterocycles. The van der Waals surface area contributed by atoms with Crippen molar-refractivity contribution in [2.24, 2.45) is 23.1 Å². The predicted molar refractivity (Wildman–Crippen MR) is 250 cm³/mol. The number of aromatic carboxylic acids is 1. The zero-order chi connectivity index (χ0) is 51.0. The van der Waals surface area contributed by atoms with Crippen LogP contribution >= 0.6 is 0 Å². The van der Waals surface area contributed by atoms with Gasteiger partial charge in [-0.3, -0.25) is 33.9 Å². The van der Waals surface area contributed by atoms with Crippen molar-refractivity contribution in [3.8, 4) is 24.0 Å². The van der Waals surface area contributed by atoms with Gasteiger partial charge >= 0.3 is 5.97 Å². The van der Waals surface area contributed by atoms with Crippen LogP contribution in [-0.2, 0) is 40.9 Å². The number of aryl methyl sites for hydroxylation is 1. The summed E-state index contributed by atoms with van der Waals surface area (Å²) in [6.07, 6.45) is 12.3. The van der Waals surface area contributed by atoms with Crippen molar-refractivity contribution in [3.63, 3.8) is 0 Å². The number of ether oxygens (including phenoxy) is 1. The number of carbonyl (C=O) groups excluding carboxylic acids is 5. The van der Waals surface area contributed by atoms with E-state index in [9.17, 15) is 46.7 Å². The summed E-state index contributed by atoms with van der Waals surface area (Å²) in [4.78, 5) is 88.9. The number of carboxylic acids is 1. The highest BCUT2D eigenvalue weighted by Gasteiger charge is 2.44. The fraction of sp³-hybridized carbons (Fsp3) is 0.333.